The predicted octanol–water partition coefficient (Wildman–Crippen LogP) is 0.934. The lowest BCUT2D eigenvalue weighted by Crippen LogP contribution is -2.47. The van der Waals surface area contributed by atoms with Crippen LogP contribution in [0.4, 0.5) is 0 Å². The molecule has 0 saturated heterocycles. The van der Waals surface area contributed by atoms with Gasteiger partial charge in [-0.15, -0.1) is 0 Å². The number of primary amides is 2. The SMILES string of the molecule is CCCCC(CCC)(C(N)=O)C(N)=O. The molecule has 0 aliphatic carbocycles. The summed E-state index contributed by atoms with van der Waals surface area (Å²) in [5, 5.41) is 0. The smallest absolute Gasteiger partial charge is 0.233 e. The Labute approximate surface area is 85.0 Å². The molecule has 14 heavy (non-hydrogen) atoms. The molecule has 0 rings (SSSR count). The highest BCUT2D eigenvalue weighted by atomic mass is 16.2. The van der Waals surface area contributed by atoms with Crippen molar-refractivity contribution >= 4 is 11.8 Å². The molecule has 0 heterocycles. The molecule has 0 aliphatic heterocycles. The largest absolute Gasteiger partial charge is 0.369 e. The van der Waals surface area contributed by atoms with Crippen molar-refractivity contribution in [3.8, 4) is 0 Å². The molecule has 0 spiro atoms. The Balaban J connectivity index is 4.75. The fourth-order valence-corrected chi connectivity index (χ4v) is 1.64. The lowest BCUT2D eigenvalue weighted by Gasteiger charge is -2.26. The number of hydrogen-bond donors (Lipinski definition) is 2. The van der Waals surface area contributed by atoms with Gasteiger partial charge in [-0.05, 0) is 12.8 Å². The molecule has 0 bridgehead atoms. The lowest BCUT2D eigenvalue weighted by atomic mass is 9.77. The van der Waals surface area contributed by atoms with Gasteiger partial charge in [-0.2, -0.15) is 0 Å². The molecule has 0 aromatic heterocycles. The fraction of sp³-hybridized carbons (Fsp3) is 0.800. The third kappa shape index (κ3) is 2.72. The van der Waals surface area contributed by atoms with Gasteiger partial charge in [0.15, 0.2) is 0 Å². The first-order valence-corrected chi connectivity index (χ1v) is 5.11. The zero-order valence-electron chi connectivity index (χ0n) is 9.01. The minimum absolute atomic E-state index is 0.456. The van der Waals surface area contributed by atoms with E-state index in [2.05, 4.69) is 0 Å². The van der Waals surface area contributed by atoms with Gasteiger partial charge in [-0.25, -0.2) is 0 Å². The topological polar surface area (TPSA) is 86.2 Å². The minimum atomic E-state index is -1.12. The summed E-state index contributed by atoms with van der Waals surface area (Å²) in [5.41, 5.74) is 9.40. The molecule has 0 radical (unpaired) electrons. The number of rotatable bonds is 7. The van der Waals surface area contributed by atoms with Crippen LogP contribution in [-0.4, -0.2) is 11.8 Å². The van der Waals surface area contributed by atoms with Crippen LogP contribution in [0, 0.1) is 5.41 Å². The molecule has 0 aliphatic rings. The van der Waals surface area contributed by atoms with Crippen LogP contribution in [-0.2, 0) is 9.59 Å². The molecule has 0 atom stereocenters. The molecule has 0 saturated carbocycles. The molecule has 0 aromatic carbocycles. The van der Waals surface area contributed by atoms with Crippen LogP contribution in [0.15, 0.2) is 0 Å². The third-order valence-corrected chi connectivity index (χ3v) is 2.58. The molecule has 4 N–H and O–H groups in total. The first-order chi connectivity index (χ1) is 6.51. The predicted molar refractivity (Wildman–Crippen MR) is 55.3 cm³/mol. The molecule has 0 aromatic rings. The summed E-state index contributed by atoms with van der Waals surface area (Å²) in [6.45, 7) is 3.91. The first-order valence-electron chi connectivity index (χ1n) is 5.11. The number of hydrogen-bond acceptors (Lipinski definition) is 2. The summed E-state index contributed by atoms with van der Waals surface area (Å²) in [4.78, 5) is 22.6. The first kappa shape index (κ1) is 12.9. The summed E-state index contributed by atoms with van der Waals surface area (Å²) in [6.07, 6.45) is 3.38. The summed E-state index contributed by atoms with van der Waals surface area (Å²) in [6, 6.07) is 0. The van der Waals surface area contributed by atoms with Gasteiger partial charge in [0.05, 0.1) is 0 Å². The molecule has 2 amide bonds. The zero-order valence-corrected chi connectivity index (χ0v) is 9.01. The van der Waals surface area contributed by atoms with Crippen LogP contribution in [0.5, 0.6) is 0 Å². The van der Waals surface area contributed by atoms with E-state index in [1.165, 1.54) is 0 Å². The summed E-state index contributed by atoms with van der Waals surface area (Å²) >= 11 is 0. The summed E-state index contributed by atoms with van der Waals surface area (Å²) in [7, 11) is 0. The van der Waals surface area contributed by atoms with Crippen molar-refractivity contribution in [1.29, 1.82) is 0 Å². The Morgan fingerprint density at radius 1 is 1.00 bits per heavy atom. The highest BCUT2D eigenvalue weighted by Gasteiger charge is 2.40. The van der Waals surface area contributed by atoms with Gasteiger partial charge in [-0.3, -0.25) is 9.59 Å². The van der Waals surface area contributed by atoms with E-state index >= 15 is 0 Å². The highest BCUT2D eigenvalue weighted by Crippen LogP contribution is 2.29. The Bertz CT molecular complexity index is 200. The Morgan fingerprint density at radius 2 is 1.50 bits per heavy atom. The van der Waals surface area contributed by atoms with Gasteiger partial charge in [0.1, 0.15) is 5.41 Å². The van der Waals surface area contributed by atoms with Gasteiger partial charge in [0, 0.05) is 0 Å². The van der Waals surface area contributed by atoms with E-state index in [-0.39, 0.29) is 0 Å². The van der Waals surface area contributed by atoms with Crippen molar-refractivity contribution in [3.05, 3.63) is 0 Å². The van der Waals surface area contributed by atoms with Crippen molar-refractivity contribution in [2.45, 2.75) is 46.0 Å². The van der Waals surface area contributed by atoms with Crippen molar-refractivity contribution in [2.24, 2.45) is 16.9 Å². The maximum atomic E-state index is 11.3. The van der Waals surface area contributed by atoms with E-state index in [9.17, 15) is 9.59 Å². The van der Waals surface area contributed by atoms with Crippen molar-refractivity contribution in [2.75, 3.05) is 0 Å². The second-order valence-electron chi connectivity index (χ2n) is 3.66. The molecule has 0 fully saturated rings. The van der Waals surface area contributed by atoms with E-state index in [0.717, 1.165) is 19.3 Å². The van der Waals surface area contributed by atoms with Gasteiger partial charge in [0.2, 0.25) is 11.8 Å². The maximum absolute atomic E-state index is 11.3. The van der Waals surface area contributed by atoms with Crippen LogP contribution in [0.25, 0.3) is 0 Å². The van der Waals surface area contributed by atoms with E-state index in [1.54, 1.807) is 0 Å². The van der Waals surface area contributed by atoms with E-state index < -0.39 is 17.2 Å². The molecule has 82 valence electrons. The number of carbonyl (C=O) groups excluding carboxylic acids is 2. The number of unbranched alkanes of at least 4 members (excludes halogenated alkanes) is 1. The van der Waals surface area contributed by atoms with Crippen LogP contribution < -0.4 is 11.5 Å². The minimum Gasteiger partial charge on any atom is -0.369 e. The van der Waals surface area contributed by atoms with Gasteiger partial charge in [-0.1, -0.05) is 33.1 Å². The van der Waals surface area contributed by atoms with E-state index in [1.807, 2.05) is 13.8 Å². The molecule has 0 unspecified atom stereocenters. The second kappa shape index (κ2) is 5.62. The standard InChI is InChI=1S/C10H20N2O2/c1-3-5-7-10(6-4-2,8(11)13)9(12)14/h3-7H2,1-2H3,(H2,11,13)(H2,12,14). The van der Waals surface area contributed by atoms with Gasteiger partial charge in [0.25, 0.3) is 0 Å². The van der Waals surface area contributed by atoms with Crippen molar-refractivity contribution in [1.82, 2.24) is 0 Å². The fourth-order valence-electron chi connectivity index (χ4n) is 1.64. The summed E-state index contributed by atoms with van der Waals surface area (Å²) in [5.74, 6) is -1.17. The molecular weight excluding hydrogens is 180 g/mol. The van der Waals surface area contributed by atoms with Crippen LogP contribution in [0.1, 0.15) is 46.0 Å². The lowest BCUT2D eigenvalue weighted by molar-refractivity contribution is -0.140. The van der Waals surface area contributed by atoms with E-state index in [4.69, 9.17) is 11.5 Å². The monoisotopic (exact) mass is 200 g/mol. The number of amides is 2. The number of carbonyl (C=O) groups is 2. The second-order valence-corrected chi connectivity index (χ2v) is 3.66. The Hall–Kier alpha value is -1.06. The summed E-state index contributed by atoms with van der Waals surface area (Å²) < 4.78 is 0. The van der Waals surface area contributed by atoms with Gasteiger partial charge >= 0.3 is 0 Å². The Kier molecular flexibility index (Phi) is 5.20. The Morgan fingerprint density at radius 3 is 1.79 bits per heavy atom. The number of nitrogens with two attached hydrogens (primary N) is 2. The van der Waals surface area contributed by atoms with Crippen LogP contribution >= 0.6 is 0 Å². The van der Waals surface area contributed by atoms with Gasteiger partial charge < -0.3 is 11.5 Å². The average molecular weight is 200 g/mol. The van der Waals surface area contributed by atoms with Crippen LogP contribution in [0.2, 0.25) is 0 Å². The van der Waals surface area contributed by atoms with Crippen LogP contribution in [0.3, 0.4) is 0 Å². The van der Waals surface area contributed by atoms with Crippen molar-refractivity contribution < 1.29 is 9.59 Å². The maximum Gasteiger partial charge on any atom is 0.233 e. The molecule has 4 nitrogen and oxygen atoms in total. The zero-order chi connectivity index (χ0) is 11.2. The highest BCUT2D eigenvalue weighted by molar-refractivity contribution is 6.03. The normalized spacial score (nSPS) is 11.3. The third-order valence-electron chi connectivity index (χ3n) is 2.58. The molecular formula is C10H20N2O2. The average Bonchev–Trinajstić information content (AvgIpc) is 2.11. The van der Waals surface area contributed by atoms with Crippen molar-refractivity contribution in [3.63, 3.8) is 0 Å². The molecule has 4 heteroatoms. The van der Waals surface area contributed by atoms with E-state index in [0.29, 0.717) is 12.8 Å². The quantitative estimate of drug-likeness (QED) is 0.599.